The molecule has 0 saturated carbocycles. The molecule has 0 amide bonds. The molecule has 1 unspecified atom stereocenters. The minimum Gasteiger partial charge on any atom is -0.355 e. The number of rotatable bonds is 4. The highest BCUT2D eigenvalue weighted by molar-refractivity contribution is 5.57. The summed E-state index contributed by atoms with van der Waals surface area (Å²) in [7, 11) is 2.03. The average Bonchev–Trinajstić information content (AvgIpc) is 3.11. The molecule has 1 fully saturated rings. The van der Waals surface area contributed by atoms with Crippen LogP contribution in [0.5, 0.6) is 0 Å². The maximum atomic E-state index is 13.3. The fraction of sp³-hybridized carbons (Fsp3) is 0.471. The van der Waals surface area contributed by atoms with E-state index in [2.05, 4.69) is 26.8 Å². The summed E-state index contributed by atoms with van der Waals surface area (Å²) in [6.45, 7) is 4.31. The van der Waals surface area contributed by atoms with Gasteiger partial charge in [0.1, 0.15) is 5.82 Å². The standard InChI is InChI=1S/C17H20F3N5/c1-3-24(2)13-6-9-25(11-13)15-10-14(17(18,19)20)22-16(23-15)12-4-7-21-8-5-12/h4-5,7-8,10,13H,3,6,9,11H2,1-2H3. The maximum Gasteiger partial charge on any atom is 0.433 e. The van der Waals surface area contributed by atoms with Gasteiger partial charge in [0.05, 0.1) is 0 Å². The third-order valence-electron chi connectivity index (χ3n) is 4.55. The molecule has 2 aromatic rings. The van der Waals surface area contributed by atoms with Crippen LogP contribution in [-0.4, -0.2) is 52.6 Å². The summed E-state index contributed by atoms with van der Waals surface area (Å²) in [5.74, 6) is 0.390. The van der Waals surface area contributed by atoms with E-state index in [4.69, 9.17) is 0 Å². The Morgan fingerprint density at radius 1 is 1.24 bits per heavy atom. The molecule has 0 bridgehead atoms. The van der Waals surface area contributed by atoms with Gasteiger partial charge in [0.25, 0.3) is 0 Å². The lowest BCUT2D eigenvalue weighted by Gasteiger charge is -2.24. The summed E-state index contributed by atoms with van der Waals surface area (Å²) in [6, 6.07) is 4.58. The van der Waals surface area contributed by atoms with E-state index >= 15 is 0 Å². The van der Waals surface area contributed by atoms with Crippen molar-refractivity contribution in [2.45, 2.75) is 25.6 Å². The first-order chi connectivity index (χ1) is 11.9. The highest BCUT2D eigenvalue weighted by Gasteiger charge is 2.35. The molecule has 1 atom stereocenters. The lowest BCUT2D eigenvalue weighted by molar-refractivity contribution is -0.141. The second-order valence-electron chi connectivity index (χ2n) is 6.13. The Bertz CT molecular complexity index is 720. The molecule has 1 aliphatic heterocycles. The van der Waals surface area contributed by atoms with E-state index in [1.807, 2.05) is 11.9 Å². The summed E-state index contributed by atoms with van der Waals surface area (Å²) >= 11 is 0. The van der Waals surface area contributed by atoms with E-state index in [9.17, 15) is 13.2 Å². The van der Waals surface area contributed by atoms with E-state index in [0.717, 1.165) is 19.0 Å². The molecule has 0 spiro atoms. The summed E-state index contributed by atoms with van der Waals surface area (Å²) in [5, 5.41) is 0. The van der Waals surface area contributed by atoms with Crippen molar-refractivity contribution in [1.82, 2.24) is 19.9 Å². The first kappa shape index (κ1) is 17.6. The Balaban J connectivity index is 1.96. The van der Waals surface area contributed by atoms with Gasteiger partial charge in [-0.3, -0.25) is 4.98 Å². The van der Waals surface area contributed by atoms with Gasteiger partial charge in [0, 0.05) is 43.2 Å². The van der Waals surface area contributed by atoms with Crippen LogP contribution in [0.4, 0.5) is 19.0 Å². The van der Waals surface area contributed by atoms with Crippen molar-refractivity contribution in [3.8, 4) is 11.4 Å². The fourth-order valence-corrected chi connectivity index (χ4v) is 2.94. The molecular weight excluding hydrogens is 331 g/mol. The zero-order valence-corrected chi connectivity index (χ0v) is 14.2. The summed E-state index contributed by atoms with van der Waals surface area (Å²) in [4.78, 5) is 16.1. The SMILES string of the molecule is CCN(C)C1CCN(c2cc(C(F)(F)F)nc(-c3ccncc3)n2)C1. The predicted octanol–water partition coefficient (Wildman–Crippen LogP) is 3.09. The molecule has 8 heteroatoms. The number of anilines is 1. The second-order valence-corrected chi connectivity index (χ2v) is 6.13. The smallest absolute Gasteiger partial charge is 0.355 e. The molecular formula is C17H20F3N5. The summed E-state index contributed by atoms with van der Waals surface area (Å²) < 4.78 is 39.8. The molecule has 0 N–H and O–H groups in total. The quantitative estimate of drug-likeness (QED) is 0.847. The van der Waals surface area contributed by atoms with Gasteiger partial charge in [-0.2, -0.15) is 13.2 Å². The molecule has 0 aromatic carbocycles. The molecule has 25 heavy (non-hydrogen) atoms. The monoisotopic (exact) mass is 351 g/mol. The average molecular weight is 351 g/mol. The van der Waals surface area contributed by atoms with E-state index in [1.165, 1.54) is 12.4 Å². The lowest BCUT2D eigenvalue weighted by Crippen LogP contribution is -2.34. The maximum absolute atomic E-state index is 13.3. The molecule has 0 radical (unpaired) electrons. The number of nitrogens with zero attached hydrogens (tertiary/aromatic N) is 5. The minimum absolute atomic E-state index is 0.0690. The Kier molecular flexibility index (Phi) is 4.89. The zero-order valence-electron chi connectivity index (χ0n) is 14.2. The van der Waals surface area contributed by atoms with Crippen LogP contribution in [0, 0.1) is 0 Å². The largest absolute Gasteiger partial charge is 0.433 e. The van der Waals surface area contributed by atoms with Gasteiger partial charge in [0.15, 0.2) is 11.5 Å². The molecule has 3 rings (SSSR count). The van der Waals surface area contributed by atoms with Crippen LogP contribution in [0.2, 0.25) is 0 Å². The van der Waals surface area contributed by atoms with Crippen molar-refractivity contribution in [1.29, 1.82) is 0 Å². The number of halogens is 3. The third kappa shape index (κ3) is 3.89. The van der Waals surface area contributed by atoms with Crippen LogP contribution < -0.4 is 4.90 Å². The topological polar surface area (TPSA) is 45.2 Å². The molecule has 5 nitrogen and oxygen atoms in total. The van der Waals surface area contributed by atoms with Crippen molar-refractivity contribution in [2.24, 2.45) is 0 Å². The Labute approximate surface area is 144 Å². The Hall–Kier alpha value is -2.22. The van der Waals surface area contributed by atoms with Gasteiger partial charge in [-0.05, 0) is 32.1 Å². The number of alkyl halides is 3. The summed E-state index contributed by atoms with van der Waals surface area (Å²) in [6.07, 6.45) is -0.583. The van der Waals surface area contributed by atoms with E-state index < -0.39 is 11.9 Å². The van der Waals surface area contributed by atoms with Gasteiger partial charge in [0.2, 0.25) is 0 Å². The van der Waals surface area contributed by atoms with Crippen LogP contribution in [0.3, 0.4) is 0 Å². The highest BCUT2D eigenvalue weighted by atomic mass is 19.4. The highest BCUT2D eigenvalue weighted by Crippen LogP contribution is 2.32. The number of likely N-dealkylation sites (N-methyl/N-ethyl adjacent to an activating group) is 1. The molecule has 1 saturated heterocycles. The second kappa shape index (κ2) is 6.95. The molecule has 0 aliphatic carbocycles. The number of hydrogen-bond donors (Lipinski definition) is 0. The van der Waals surface area contributed by atoms with Crippen LogP contribution >= 0.6 is 0 Å². The van der Waals surface area contributed by atoms with Crippen LogP contribution in [0.1, 0.15) is 19.0 Å². The minimum atomic E-state index is -4.52. The fourth-order valence-electron chi connectivity index (χ4n) is 2.94. The van der Waals surface area contributed by atoms with Crippen LogP contribution in [-0.2, 0) is 6.18 Å². The van der Waals surface area contributed by atoms with Crippen molar-refractivity contribution in [2.75, 3.05) is 31.6 Å². The van der Waals surface area contributed by atoms with Gasteiger partial charge in [-0.1, -0.05) is 6.92 Å². The normalized spacial score (nSPS) is 18.2. The third-order valence-corrected chi connectivity index (χ3v) is 4.55. The van der Waals surface area contributed by atoms with Gasteiger partial charge < -0.3 is 9.80 Å². The lowest BCUT2D eigenvalue weighted by atomic mass is 10.2. The van der Waals surface area contributed by atoms with Crippen LogP contribution in [0.25, 0.3) is 11.4 Å². The van der Waals surface area contributed by atoms with Crippen molar-refractivity contribution in [3.63, 3.8) is 0 Å². The van der Waals surface area contributed by atoms with Crippen molar-refractivity contribution in [3.05, 3.63) is 36.3 Å². The zero-order chi connectivity index (χ0) is 18.0. The molecule has 1 aliphatic rings. The van der Waals surface area contributed by atoms with E-state index in [-0.39, 0.29) is 5.82 Å². The molecule has 2 aromatic heterocycles. The van der Waals surface area contributed by atoms with Gasteiger partial charge in [-0.15, -0.1) is 0 Å². The van der Waals surface area contributed by atoms with Crippen molar-refractivity contribution < 1.29 is 13.2 Å². The summed E-state index contributed by atoms with van der Waals surface area (Å²) in [5.41, 5.74) is -0.402. The van der Waals surface area contributed by atoms with Crippen LogP contribution in [0.15, 0.2) is 30.6 Å². The van der Waals surface area contributed by atoms with Crippen molar-refractivity contribution >= 4 is 5.82 Å². The predicted molar refractivity (Wildman–Crippen MR) is 89.2 cm³/mol. The van der Waals surface area contributed by atoms with E-state index in [0.29, 0.717) is 30.5 Å². The van der Waals surface area contributed by atoms with Gasteiger partial charge >= 0.3 is 6.18 Å². The van der Waals surface area contributed by atoms with E-state index in [1.54, 1.807) is 12.1 Å². The Morgan fingerprint density at radius 3 is 2.60 bits per heavy atom. The molecule has 134 valence electrons. The Morgan fingerprint density at radius 2 is 1.96 bits per heavy atom. The number of hydrogen-bond acceptors (Lipinski definition) is 5. The number of pyridine rings is 1. The van der Waals surface area contributed by atoms with Gasteiger partial charge in [-0.25, -0.2) is 9.97 Å². The number of aromatic nitrogens is 3. The first-order valence-electron chi connectivity index (χ1n) is 8.20. The molecule has 3 heterocycles. The first-order valence-corrected chi connectivity index (χ1v) is 8.20.